The lowest BCUT2D eigenvalue weighted by atomic mass is 9.98. The van der Waals surface area contributed by atoms with Crippen LogP contribution in [0.3, 0.4) is 0 Å². The van der Waals surface area contributed by atoms with Crippen molar-refractivity contribution in [1.82, 2.24) is 10.6 Å². The highest BCUT2D eigenvalue weighted by molar-refractivity contribution is 5.29. The van der Waals surface area contributed by atoms with E-state index in [1.807, 2.05) is 6.07 Å². The van der Waals surface area contributed by atoms with Gasteiger partial charge in [0.1, 0.15) is 0 Å². The van der Waals surface area contributed by atoms with Crippen LogP contribution in [0.2, 0.25) is 0 Å². The Labute approximate surface area is 108 Å². The number of ether oxygens (including phenoxy) is 1. The van der Waals surface area contributed by atoms with Gasteiger partial charge in [-0.15, -0.1) is 0 Å². The Morgan fingerprint density at radius 3 is 2.83 bits per heavy atom. The molecule has 0 spiro atoms. The molecule has 0 bridgehead atoms. The summed E-state index contributed by atoms with van der Waals surface area (Å²) in [5, 5.41) is 6.75. The van der Waals surface area contributed by atoms with Gasteiger partial charge in [0.05, 0.1) is 7.11 Å². The first-order valence-corrected chi connectivity index (χ1v) is 6.53. The molecular formula is C14H21FN2O. The molecule has 4 heteroatoms. The number of piperidine rings is 1. The smallest absolute Gasteiger partial charge is 0.165 e. The van der Waals surface area contributed by atoms with Gasteiger partial charge >= 0.3 is 0 Å². The monoisotopic (exact) mass is 252 g/mol. The first-order chi connectivity index (χ1) is 8.79. The average molecular weight is 252 g/mol. The summed E-state index contributed by atoms with van der Waals surface area (Å²) in [6, 6.07) is 5.11. The van der Waals surface area contributed by atoms with Crippen LogP contribution in [0.5, 0.6) is 5.75 Å². The molecular weight excluding hydrogens is 231 g/mol. The zero-order valence-corrected chi connectivity index (χ0v) is 10.8. The highest BCUT2D eigenvalue weighted by Crippen LogP contribution is 2.17. The SMILES string of the molecule is COc1ccc(CNCC2CCNCC2)cc1F. The first-order valence-electron chi connectivity index (χ1n) is 6.53. The van der Waals surface area contributed by atoms with E-state index in [9.17, 15) is 4.39 Å². The number of halogens is 1. The molecule has 1 aromatic rings. The molecule has 0 amide bonds. The molecule has 18 heavy (non-hydrogen) atoms. The highest BCUT2D eigenvalue weighted by atomic mass is 19.1. The van der Waals surface area contributed by atoms with E-state index in [4.69, 9.17) is 4.74 Å². The Bertz CT molecular complexity index is 378. The van der Waals surface area contributed by atoms with Gasteiger partial charge in [-0.3, -0.25) is 0 Å². The molecule has 3 nitrogen and oxygen atoms in total. The summed E-state index contributed by atoms with van der Waals surface area (Å²) in [6.07, 6.45) is 2.45. The van der Waals surface area contributed by atoms with Crippen LogP contribution in [-0.4, -0.2) is 26.7 Å². The molecule has 100 valence electrons. The molecule has 2 rings (SSSR count). The maximum Gasteiger partial charge on any atom is 0.165 e. The minimum absolute atomic E-state index is 0.293. The molecule has 0 aliphatic carbocycles. The van der Waals surface area contributed by atoms with Crippen molar-refractivity contribution in [2.45, 2.75) is 19.4 Å². The van der Waals surface area contributed by atoms with E-state index in [1.165, 1.54) is 26.0 Å². The quantitative estimate of drug-likeness (QED) is 0.840. The van der Waals surface area contributed by atoms with Crippen molar-refractivity contribution in [2.75, 3.05) is 26.7 Å². The van der Waals surface area contributed by atoms with Crippen LogP contribution in [-0.2, 0) is 6.54 Å². The number of hydrogen-bond donors (Lipinski definition) is 2. The molecule has 0 saturated carbocycles. The first kappa shape index (κ1) is 13.3. The third kappa shape index (κ3) is 3.68. The predicted molar refractivity (Wildman–Crippen MR) is 70.3 cm³/mol. The molecule has 0 atom stereocenters. The predicted octanol–water partition coefficient (Wildman–Crippen LogP) is 1.92. The van der Waals surface area contributed by atoms with Crippen LogP contribution in [0.4, 0.5) is 4.39 Å². The Hall–Kier alpha value is -1.13. The van der Waals surface area contributed by atoms with Gasteiger partial charge in [0.25, 0.3) is 0 Å². The van der Waals surface area contributed by atoms with Crippen molar-refractivity contribution in [3.63, 3.8) is 0 Å². The second-order valence-corrected chi connectivity index (χ2v) is 4.79. The second-order valence-electron chi connectivity index (χ2n) is 4.79. The maximum atomic E-state index is 13.5. The molecule has 2 N–H and O–H groups in total. The number of hydrogen-bond acceptors (Lipinski definition) is 3. The summed E-state index contributed by atoms with van der Waals surface area (Å²) in [7, 11) is 1.48. The molecule has 0 aromatic heterocycles. The van der Waals surface area contributed by atoms with E-state index in [0.29, 0.717) is 12.3 Å². The fraction of sp³-hybridized carbons (Fsp3) is 0.571. The number of benzene rings is 1. The largest absolute Gasteiger partial charge is 0.494 e. The lowest BCUT2D eigenvalue weighted by molar-refractivity contribution is 0.356. The number of methoxy groups -OCH3 is 1. The van der Waals surface area contributed by atoms with Crippen LogP contribution in [0.25, 0.3) is 0 Å². The van der Waals surface area contributed by atoms with Gasteiger partial charge in [-0.1, -0.05) is 6.07 Å². The fourth-order valence-corrected chi connectivity index (χ4v) is 2.33. The molecule has 1 saturated heterocycles. The Morgan fingerprint density at radius 1 is 1.39 bits per heavy atom. The molecule has 1 heterocycles. The number of rotatable bonds is 5. The standard InChI is InChI=1S/C14H21FN2O/c1-18-14-3-2-12(8-13(14)15)10-17-9-11-4-6-16-7-5-11/h2-3,8,11,16-17H,4-7,9-10H2,1H3. The zero-order chi connectivity index (χ0) is 12.8. The number of nitrogens with one attached hydrogen (secondary N) is 2. The minimum atomic E-state index is -0.293. The third-order valence-corrected chi connectivity index (χ3v) is 3.44. The molecule has 0 radical (unpaired) electrons. The topological polar surface area (TPSA) is 33.3 Å². The van der Waals surface area contributed by atoms with Crippen LogP contribution in [0, 0.1) is 11.7 Å². The zero-order valence-electron chi connectivity index (χ0n) is 10.8. The van der Waals surface area contributed by atoms with Gasteiger partial charge in [0.2, 0.25) is 0 Å². The third-order valence-electron chi connectivity index (χ3n) is 3.44. The fourth-order valence-electron chi connectivity index (χ4n) is 2.33. The van der Waals surface area contributed by atoms with Gasteiger partial charge in [0, 0.05) is 6.54 Å². The highest BCUT2D eigenvalue weighted by Gasteiger charge is 2.12. The van der Waals surface area contributed by atoms with Crippen LogP contribution in [0.15, 0.2) is 18.2 Å². The van der Waals surface area contributed by atoms with E-state index < -0.39 is 0 Å². The van der Waals surface area contributed by atoms with Gasteiger partial charge in [-0.05, 0) is 56.1 Å². The van der Waals surface area contributed by atoms with Crippen molar-refractivity contribution in [2.24, 2.45) is 5.92 Å². The summed E-state index contributed by atoms with van der Waals surface area (Å²) < 4.78 is 18.4. The molecule has 1 aliphatic rings. The average Bonchev–Trinajstić information content (AvgIpc) is 2.40. The normalized spacial score (nSPS) is 16.8. The Balaban J connectivity index is 1.77. The summed E-state index contributed by atoms with van der Waals surface area (Å²) in [4.78, 5) is 0. The van der Waals surface area contributed by atoms with Crippen LogP contribution in [0.1, 0.15) is 18.4 Å². The maximum absolute atomic E-state index is 13.5. The van der Waals surface area contributed by atoms with E-state index in [-0.39, 0.29) is 5.82 Å². The lowest BCUT2D eigenvalue weighted by Gasteiger charge is -2.22. The molecule has 1 fully saturated rings. The van der Waals surface area contributed by atoms with E-state index >= 15 is 0 Å². The van der Waals surface area contributed by atoms with Crippen LogP contribution >= 0.6 is 0 Å². The van der Waals surface area contributed by atoms with Crippen LogP contribution < -0.4 is 15.4 Å². The molecule has 1 aliphatic heterocycles. The Morgan fingerprint density at radius 2 is 2.17 bits per heavy atom. The molecule has 1 aromatic carbocycles. The van der Waals surface area contributed by atoms with Gasteiger partial charge in [-0.25, -0.2) is 4.39 Å². The lowest BCUT2D eigenvalue weighted by Crippen LogP contribution is -2.33. The Kier molecular flexibility index (Phi) is 4.96. The summed E-state index contributed by atoms with van der Waals surface area (Å²) >= 11 is 0. The second kappa shape index (κ2) is 6.71. The van der Waals surface area contributed by atoms with E-state index in [0.717, 1.165) is 31.1 Å². The van der Waals surface area contributed by atoms with Crippen molar-refractivity contribution in [3.8, 4) is 5.75 Å². The van der Waals surface area contributed by atoms with Gasteiger partial charge < -0.3 is 15.4 Å². The van der Waals surface area contributed by atoms with E-state index in [2.05, 4.69) is 10.6 Å². The minimum Gasteiger partial charge on any atom is -0.494 e. The van der Waals surface area contributed by atoms with Crippen molar-refractivity contribution < 1.29 is 9.13 Å². The van der Waals surface area contributed by atoms with Gasteiger partial charge in [-0.2, -0.15) is 0 Å². The van der Waals surface area contributed by atoms with Crippen molar-refractivity contribution in [1.29, 1.82) is 0 Å². The summed E-state index contributed by atoms with van der Waals surface area (Å²) in [5.74, 6) is 0.755. The van der Waals surface area contributed by atoms with Gasteiger partial charge in [0.15, 0.2) is 11.6 Å². The van der Waals surface area contributed by atoms with E-state index in [1.54, 1.807) is 6.07 Å². The summed E-state index contributed by atoms with van der Waals surface area (Å²) in [5.41, 5.74) is 0.960. The summed E-state index contributed by atoms with van der Waals surface area (Å²) in [6.45, 7) is 3.95. The van der Waals surface area contributed by atoms with Crippen molar-refractivity contribution in [3.05, 3.63) is 29.6 Å². The van der Waals surface area contributed by atoms with Crippen molar-refractivity contribution >= 4 is 0 Å². The molecule has 0 unspecified atom stereocenters.